The Hall–Kier alpha value is -1.91. The smallest absolute Gasteiger partial charge is 0.339 e. The first kappa shape index (κ1) is 13.2. The summed E-state index contributed by atoms with van der Waals surface area (Å²) < 4.78 is 0. The van der Waals surface area contributed by atoms with Gasteiger partial charge < -0.3 is 10.4 Å². The van der Waals surface area contributed by atoms with E-state index >= 15 is 0 Å². The molecule has 0 fully saturated rings. The van der Waals surface area contributed by atoms with Crippen LogP contribution in [-0.4, -0.2) is 22.0 Å². The average Bonchev–Trinajstić information content (AvgIpc) is 2.14. The van der Waals surface area contributed by atoms with Crippen molar-refractivity contribution < 1.29 is 14.7 Å². The molecule has 0 unspecified atom stereocenters. The van der Waals surface area contributed by atoms with Crippen molar-refractivity contribution in [3.05, 3.63) is 23.9 Å². The second-order valence-corrected chi connectivity index (χ2v) is 4.99. The highest BCUT2D eigenvalue weighted by atomic mass is 16.4. The fourth-order valence-electron chi connectivity index (χ4n) is 1.34. The molecule has 0 aliphatic rings. The number of carboxylic acid groups (broad SMARTS) is 1. The van der Waals surface area contributed by atoms with Crippen molar-refractivity contribution in [3.63, 3.8) is 0 Å². The van der Waals surface area contributed by atoms with Crippen LogP contribution in [0.1, 0.15) is 37.6 Å². The molecule has 0 radical (unpaired) electrons. The Kier molecular flexibility index (Phi) is 3.83. The molecule has 1 aromatic heterocycles. The van der Waals surface area contributed by atoms with Crippen molar-refractivity contribution in [2.24, 2.45) is 5.41 Å². The van der Waals surface area contributed by atoms with Gasteiger partial charge in [0, 0.05) is 12.6 Å². The number of nitrogens with zero attached hydrogens (tertiary/aromatic N) is 1. The minimum absolute atomic E-state index is 0.00485. The lowest BCUT2D eigenvalue weighted by Crippen LogP contribution is -2.21. The zero-order valence-electron chi connectivity index (χ0n) is 10.2. The molecule has 1 heterocycles. The molecule has 0 saturated carbocycles. The molecule has 17 heavy (non-hydrogen) atoms. The van der Waals surface area contributed by atoms with Crippen LogP contribution in [0.25, 0.3) is 0 Å². The Morgan fingerprint density at radius 1 is 1.41 bits per heavy atom. The van der Waals surface area contributed by atoms with Crippen LogP contribution >= 0.6 is 0 Å². The average molecular weight is 236 g/mol. The Bertz CT molecular complexity index is 436. The van der Waals surface area contributed by atoms with Gasteiger partial charge in [-0.1, -0.05) is 20.8 Å². The van der Waals surface area contributed by atoms with Gasteiger partial charge >= 0.3 is 5.97 Å². The van der Waals surface area contributed by atoms with Gasteiger partial charge in [-0.2, -0.15) is 0 Å². The Balaban J connectivity index is 2.82. The minimum Gasteiger partial charge on any atom is -0.478 e. The quantitative estimate of drug-likeness (QED) is 0.842. The number of pyridine rings is 1. The molecule has 5 nitrogen and oxygen atoms in total. The van der Waals surface area contributed by atoms with Gasteiger partial charge in [-0.05, 0) is 17.5 Å². The molecule has 0 aliphatic carbocycles. The highest BCUT2D eigenvalue weighted by Crippen LogP contribution is 2.20. The van der Waals surface area contributed by atoms with Gasteiger partial charge in [0.05, 0.1) is 0 Å². The van der Waals surface area contributed by atoms with E-state index in [4.69, 9.17) is 5.11 Å². The number of carboxylic acids is 1. The van der Waals surface area contributed by atoms with E-state index in [9.17, 15) is 9.59 Å². The summed E-state index contributed by atoms with van der Waals surface area (Å²) in [6, 6.07) is 2.92. The molecule has 1 rings (SSSR count). The van der Waals surface area contributed by atoms with Crippen LogP contribution in [0.4, 0.5) is 5.82 Å². The number of nitrogens with one attached hydrogen (secondary N) is 1. The monoisotopic (exact) mass is 236 g/mol. The predicted octanol–water partition coefficient (Wildman–Crippen LogP) is 2.15. The molecular formula is C12H16N2O3. The molecule has 0 aromatic carbocycles. The topological polar surface area (TPSA) is 79.3 Å². The van der Waals surface area contributed by atoms with Crippen molar-refractivity contribution in [1.29, 1.82) is 0 Å². The number of hydrogen-bond donors (Lipinski definition) is 2. The Labute approximate surface area is 99.9 Å². The van der Waals surface area contributed by atoms with Crippen LogP contribution in [0, 0.1) is 5.41 Å². The van der Waals surface area contributed by atoms with Crippen LogP contribution in [0.5, 0.6) is 0 Å². The molecule has 0 atom stereocenters. The fraction of sp³-hybridized carbons (Fsp3) is 0.417. The zero-order chi connectivity index (χ0) is 13.1. The molecule has 0 aliphatic heterocycles. The maximum Gasteiger partial charge on any atom is 0.339 e. The summed E-state index contributed by atoms with van der Waals surface area (Å²) >= 11 is 0. The second-order valence-electron chi connectivity index (χ2n) is 4.99. The first-order valence-corrected chi connectivity index (χ1v) is 5.28. The Morgan fingerprint density at radius 3 is 2.59 bits per heavy atom. The van der Waals surface area contributed by atoms with E-state index in [2.05, 4.69) is 10.3 Å². The van der Waals surface area contributed by atoms with Gasteiger partial charge in [-0.25, -0.2) is 9.78 Å². The number of aromatic nitrogens is 1. The number of aromatic carboxylic acids is 1. The van der Waals surface area contributed by atoms with Crippen LogP contribution in [0.3, 0.4) is 0 Å². The van der Waals surface area contributed by atoms with Crippen molar-refractivity contribution in [3.8, 4) is 0 Å². The van der Waals surface area contributed by atoms with E-state index in [0.717, 1.165) is 0 Å². The number of amides is 1. The van der Waals surface area contributed by atoms with E-state index in [1.165, 1.54) is 18.3 Å². The lowest BCUT2D eigenvalue weighted by molar-refractivity contribution is -0.117. The van der Waals surface area contributed by atoms with Gasteiger partial charge in [-0.3, -0.25) is 4.79 Å². The first-order chi connectivity index (χ1) is 7.79. The summed E-state index contributed by atoms with van der Waals surface area (Å²) in [6.45, 7) is 5.80. The molecule has 1 aromatic rings. The molecular weight excluding hydrogens is 220 g/mol. The molecule has 0 saturated heterocycles. The van der Waals surface area contributed by atoms with Crippen molar-refractivity contribution >= 4 is 17.7 Å². The molecule has 1 amide bonds. The van der Waals surface area contributed by atoms with Crippen molar-refractivity contribution in [2.75, 3.05) is 5.32 Å². The number of carbonyl (C=O) groups excluding carboxylic acids is 1. The van der Waals surface area contributed by atoms with Crippen LogP contribution in [0.2, 0.25) is 0 Å². The molecule has 2 N–H and O–H groups in total. The highest BCUT2D eigenvalue weighted by Gasteiger charge is 2.18. The third kappa shape index (κ3) is 4.22. The van der Waals surface area contributed by atoms with Crippen LogP contribution in [-0.2, 0) is 4.79 Å². The van der Waals surface area contributed by atoms with Crippen LogP contribution in [0.15, 0.2) is 18.3 Å². The van der Waals surface area contributed by atoms with Crippen molar-refractivity contribution in [1.82, 2.24) is 4.98 Å². The van der Waals surface area contributed by atoms with Gasteiger partial charge in [0.1, 0.15) is 11.4 Å². The summed E-state index contributed by atoms with van der Waals surface area (Å²) in [4.78, 5) is 26.4. The maximum absolute atomic E-state index is 11.7. The fourth-order valence-corrected chi connectivity index (χ4v) is 1.34. The largest absolute Gasteiger partial charge is 0.478 e. The normalized spacial score (nSPS) is 11.0. The third-order valence-electron chi connectivity index (χ3n) is 1.99. The molecule has 5 heteroatoms. The highest BCUT2D eigenvalue weighted by molar-refractivity contribution is 5.99. The lowest BCUT2D eigenvalue weighted by atomic mass is 9.92. The zero-order valence-corrected chi connectivity index (χ0v) is 10.2. The molecule has 92 valence electrons. The summed E-state index contributed by atoms with van der Waals surface area (Å²) in [5.41, 5.74) is -0.155. The lowest BCUT2D eigenvalue weighted by Gasteiger charge is -2.17. The van der Waals surface area contributed by atoms with Crippen molar-refractivity contribution in [2.45, 2.75) is 27.2 Å². The van der Waals surface area contributed by atoms with Crippen LogP contribution < -0.4 is 5.32 Å². The van der Waals surface area contributed by atoms with Gasteiger partial charge in [0.15, 0.2) is 0 Å². The summed E-state index contributed by atoms with van der Waals surface area (Å²) in [5.74, 6) is -1.25. The summed E-state index contributed by atoms with van der Waals surface area (Å²) in [7, 11) is 0. The molecule has 0 bridgehead atoms. The second kappa shape index (κ2) is 4.95. The van der Waals surface area contributed by atoms with E-state index in [1.54, 1.807) is 0 Å². The minimum atomic E-state index is -1.11. The Morgan fingerprint density at radius 2 is 2.06 bits per heavy atom. The number of anilines is 1. The van der Waals surface area contributed by atoms with Gasteiger partial charge in [0.25, 0.3) is 0 Å². The summed E-state index contributed by atoms with van der Waals surface area (Å²) in [6.07, 6.45) is 1.75. The predicted molar refractivity (Wildman–Crippen MR) is 63.9 cm³/mol. The summed E-state index contributed by atoms with van der Waals surface area (Å²) in [5, 5.41) is 11.4. The standard InChI is InChI=1S/C12H16N2O3/c1-12(2,3)7-9(15)14-10-8(11(16)17)5-4-6-13-10/h4-6H,7H2,1-3H3,(H,16,17)(H,13,14,15). The SMILES string of the molecule is CC(C)(C)CC(=O)Nc1ncccc1C(=O)O. The van der Waals surface area contributed by atoms with E-state index in [1.807, 2.05) is 20.8 Å². The number of carbonyl (C=O) groups is 2. The maximum atomic E-state index is 11.7. The third-order valence-corrected chi connectivity index (χ3v) is 1.99. The molecule has 0 spiro atoms. The number of rotatable bonds is 3. The van der Waals surface area contributed by atoms with Gasteiger partial charge in [-0.15, -0.1) is 0 Å². The first-order valence-electron chi connectivity index (χ1n) is 5.28. The van der Waals surface area contributed by atoms with E-state index in [0.29, 0.717) is 6.42 Å². The van der Waals surface area contributed by atoms with Gasteiger partial charge in [0.2, 0.25) is 5.91 Å². The van der Waals surface area contributed by atoms with E-state index < -0.39 is 5.97 Å². The number of hydrogen-bond acceptors (Lipinski definition) is 3. The van der Waals surface area contributed by atoms with E-state index in [-0.39, 0.29) is 22.7 Å².